The Hall–Kier alpha value is -1.40. The van der Waals surface area contributed by atoms with Gasteiger partial charge < -0.3 is 5.11 Å². The Kier molecular flexibility index (Phi) is 3.68. The maximum absolute atomic E-state index is 13.5. The molecule has 2 nitrogen and oxygen atoms in total. The Balaban J connectivity index is 2.50. The van der Waals surface area contributed by atoms with Crippen molar-refractivity contribution in [3.8, 4) is 0 Å². The number of rotatable bonds is 2. The van der Waals surface area contributed by atoms with Crippen molar-refractivity contribution in [1.82, 2.24) is 4.98 Å². The van der Waals surface area contributed by atoms with E-state index in [9.17, 15) is 18.3 Å². The second-order valence-corrected chi connectivity index (χ2v) is 4.39. The molecule has 2 aromatic rings. The van der Waals surface area contributed by atoms with Gasteiger partial charge in [-0.15, -0.1) is 0 Å². The zero-order chi connectivity index (χ0) is 13.3. The number of halogens is 4. The molecule has 1 aromatic carbocycles. The predicted molar refractivity (Wildman–Crippen MR) is 62.3 cm³/mol. The lowest BCUT2D eigenvalue weighted by atomic mass is 10.0. The number of pyridine rings is 1. The third-order valence-corrected chi connectivity index (χ3v) is 3.08. The molecule has 0 saturated carbocycles. The van der Waals surface area contributed by atoms with Crippen LogP contribution in [0.4, 0.5) is 13.2 Å². The van der Waals surface area contributed by atoms with Gasteiger partial charge in [-0.3, -0.25) is 4.98 Å². The normalized spacial score (nSPS) is 12.5. The third kappa shape index (κ3) is 2.26. The van der Waals surface area contributed by atoms with Crippen LogP contribution in [0.3, 0.4) is 0 Å². The van der Waals surface area contributed by atoms with Crippen molar-refractivity contribution in [3.05, 3.63) is 63.6 Å². The molecule has 0 fully saturated rings. The van der Waals surface area contributed by atoms with E-state index in [1.165, 1.54) is 6.20 Å². The van der Waals surface area contributed by atoms with Crippen molar-refractivity contribution in [1.29, 1.82) is 0 Å². The molecule has 1 N–H and O–H groups in total. The van der Waals surface area contributed by atoms with Crippen molar-refractivity contribution in [2.24, 2.45) is 0 Å². The summed E-state index contributed by atoms with van der Waals surface area (Å²) in [5.74, 6) is -4.33. The summed E-state index contributed by atoms with van der Waals surface area (Å²) in [6, 6.07) is 4.96. The van der Waals surface area contributed by atoms with Crippen molar-refractivity contribution in [2.75, 3.05) is 0 Å². The fraction of sp³-hybridized carbons (Fsp3) is 0.0833. The molecule has 0 radical (unpaired) electrons. The van der Waals surface area contributed by atoms with E-state index in [4.69, 9.17) is 0 Å². The lowest BCUT2D eigenvalue weighted by Gasteiger charge is -2.13. The van der Waals surface area contributed by atoms with Crippen LogP contribution in [0.5, 0.6) is 0 Å². The highest BCUT2D eigenvalue weighted by atomic mass is 79.9. The standard InChI is InChI=1S/C12H7BrF3NO/c13-7-2-1-5-17-11(7)12(18)6-3-4-8(14)10(16)9(6)15/h1-5,12,18H. The highest BCUT2D eigenvalue weighted by molar-refractivity contribution is 9.10. The summed E-state index contributed by atoms with van der Waals surface area (Å²) >= 11 is 3.14. The minimum absolute atomic E-state index is 0.127. The van der Waals surface area contributed by atoms with Crippen LogP contribution in [0.2, 0.25) is 0 Å². The number of aliphatic hydroxyl groups excluding tert-OH is 1. The van der Waals surface area contributed by atoms with Crippen LogP contribution in [0.1, 0.15) is 17.4 Å². The number of hydrogen-bond acceptors (Lipinski definition) is 2. The van der Waals surface area contributed by atoms with E-state index in [1.807, 2.05) is 0 Å². The SMILES string of the molecule is OC(c1ccc(F)c(F)c1F)c1ncccc1Br. The van der Waals surface area contributed by atoms with Crippen LogP contribution < -0.4 is 0 Å². The van der Waals surface area contributed by atoms with Gasteiger partial charge in [-0.05, 0) is 40.2 Å². The molecule has 18 heavy (non-hydrogen) atoms. The van der Waals surface area contributed by atoms with Gasteiger partial charge >= 0.3 is 0 Å². The fourth-order valence-electron chi connectivity index (χ4n) is 1.50. The number of hydrogen-bond donors (Lipinski definition) is 1. The van der Waals surface area contributed by atoms with E-state index < -0.39 is 23.6 Å². The summed E-state index contributed by atoms with van der Waals surface area (Å²) in [6.07, 6.45) is -0.0724. The van der Waals surface area contributed by atoms with Gasteiger partial charge in [-0.2, -0.15) is 0 Å². The van der Waals surface area contributed by atoms with Gasteiger partial charge in [0.2, 0.25) is 0 Å². The predicted octanol–water partition coefficient (Wildman–Crippen LogP) is 3.34. The molecule has 2 rings (SSSR count). The first kappa shape index (κ1) is 13.0. The molecule has 1 atom stereocenters. The second kappa shape index (κ2) is 5.07. The summed E-state index contributed by atoms with van der Waals surface area (Å²) in [6.45, 7) is 0. The van der Waals surface area contributed by atoms with E-state index in [1.54, 1.807) is 12.1 Å². The summed E-state index contributed by atoms with van der Waals surface area (Å²) in [5.41, 5.74) is -0.240. The quantitative estimate of drug-likeness (QED) is 0.862. The summed E-state index contributed by atoms with van der Waals surface area (Å²) in [7, 11) is 0. The summed E-state index contributed by atoms with van der Waals surface area (Å²) in [5, 5.41) is 9.95. The topological polar surface area (TPSA) is 33.1 Å². The van der Waals surface area contributed by atoms with Crippen LogP contribution in [0.15, 0.2) is 34.9 Å². The highest BCUT2D eigenvalue weighted by Crippen LogP contribution is 2.29. The van der Waals surface area contributed by atoms with Gasteiger partial charge in [-0.25, -0.2) is 13.2 Å². The first-order valence-electron chi connectivity index (χ1n) is 4.94. The van der Waals surface area contributed by atoms with Gasteiger partial charge in [0.1, 0.15) is 6.10 Å². The Morgan fingerprint density at radius 2 is 1.83 bits per heavy atom. The number of aliphatic hydroxyl groups is 1. The molecule has 0 saturated heterocycles. The molecule has 94 valence electrons. The van der Waals surface area contributed by atoms with Crippen LogP contribution in [0, 0.1) is 17.5 Å². The van der Waals surface area contributed by atoms with Crippen LogP contribution in [-0.4, -0.2) is 10.1 Å². The maximum atomic E-state index is 13.5. The van der Waals surface area contributed by atoms with Gasteiger partial charge in [-0.1, -0.05) is 0 Å². The molecule has 0 aliphatic rings. The summed E-state index contributed by atoms with van der Waals surface area (Å²) < 4.78 is 39.8. The molecular weight excluding hydrogens is 311 g/mol. The molecule has 0 aliphatic heterocycles. The Morgan fingerprint density at radius 3 is 2.50 bits per heavy atom. The fourth-order valence-corrected chi connectivity index (χ4v) is 1.97. The Bertz CT molecular complexity index is 592. The molecule has 6 heteroatoms. The molecule has 1 heterocycles. The first-order valence-corrected chi connectivity index (χ1v) is 5.73. The lowest BCUT2D eigenvalue weighted by Crippen LogP contribution is -2.08. The van der Waals surface area contributed by atoms with Crippen LogP contribution in [-0.2, 0) is 0 Å². The highest BCUT2D eigenvalue weighted by Gasteiger charge is 2.22. The first-order chi connectivity index (χ1) is 8.52. The smallest absolute Gasteiger partial charge is 0.194 e. The Labute approximate surface area is 109 Å². The summed E-state index contributed by atoms with van der Waals surface area (Å²) in [4.78, 5) is 3.87. The van der Waals surface area contributed by atoms with E-state index in [-0.39, 0.29) is 11.3 Å². The molecular formula is C12H7BrF3NO. The molecule has 0 aliphatic carbocycles. The zero-order valence-corrected chi connectivity index (χ0v) is 10.5. The largest absolute Gasteiger partial charge is 0.382 e. The van der Waals surface area contributed by atoms with Crippen molar-refractivity contribution < 1.29 is 18.3 Å². The van der Waals surface area contributed by atoms with Gasteiger partial charge in [0.25, 0.3) is 0 Å². The van der Waals surface area contributed by atoms with Crippen molar-refractivity contribution in [2.45, 2.75) is 6.10 Å². The second-order valence-electron chi connectivity index (χ2n) is 3.54. The molecule has 0 spiro atoms. The average Bonchev–Trinajstić information content (AvgIpc) is 2.36. The van der Waals surface area contributed by atoms with E-state index in [0.717, 1.165) is 12.1 Å². The zero-order valence-electron chi connectivity index (χ0n) is 8.87. The molecule has 1 unspecified atom stereocenters. The third-order valence-electron chi connectivity index (χ3n) is 2.41. The van der Waals surface area contributed by atoms with E-state index in [2.05, 4.69) is 20.9 Å². The Morgan fingerprint density at radius 1 is 1.11 bits per heavy atom. The van der Waals surface area contributed by atoms with Crippen LogP contribution in [0.25, 0.3) is 0 Å². The maximum Gasteiger partial charge on any atom is 0.194 e. The monoisotopic (exact) mass is 317 g/mol. The van der Waals surface area contributed by atoms with Gasteiger partial charge in [0, 0.05) is 16.2 Å². The number of aromatic nitrogens is 1. The van der Waals surface area contributed by atoms with Crippen molar-refractivity contribution >= 4 is 15.9 Å². The molecule has 0 amide bonds. The van der Waals surface area contributed by atoms with Crippen molar-refractivity contribution in [3.63, 3.8) is 0 Å². The minimum Gasteiger partial charge on any atom is -0.382 e. The number of nitrogens with zero attached hydrogens (tertiary/aromatic N) is 1. The van der Waals surface area contributed by atoms with Gasteiger partial charge in [0.15, 0.2) is 17.5 Å². The van der Waals surface area contributed by atoms with Gasteiger partial charge in [0.05, 0.1) is 5.69 Å². The van der Waals surface area contributed by atoms with Crippen LogP contribution >= 0.6 is 15.9 Å². The van der Waals surface area contributed by atoms with E-state index >= 15 is 0 Å². The number of benzene rings is 1. The minimum atomic E-state index is -1.61. The molecule has 1 aromatic heterocycles. The van der Waals surface area contributed by atoms with E-state index in [0.29, 0.717) is 4.47 Å². The average molecular weight is 318 g/mol. The lowest BCUT2D eigenvalue weighted by molar-refractivity contribution is 0.207. The molecule has 0 bridgehead atoms.